The maximum Gasteiger partial charge on any atom is 0.419 e. The first-order chi connectivity index (χ1) is 16.7. The van der Waals surface area contributed by atoms with Crippen LogP contribution in [0.5, 0.6) is 0 Å². The highest BCUT2D eigenvalue weighted by molar-refractivity contribution is 6.15. The largest absolute Gasteiger partial charge is 0.465 e. The molecule has 0 atom stereocenters. The molecule has 2 aromatic rings. The van der Waals surface area contributed by atoms with Gasteiger partial charge in [0.1, 0.15) is 23.3 Å². The molecule has 2 amide bonds. The number of methoxy groups -OCH3 is 1. The van der Waals surface area contributed by atoms with Gasteiger partial charge in [-0.2, -0.15) is 0 Å². The number of nitrogens with zero attached hydrogens (tertiary/aromatic N) is 4. The monoisotopic (exact) mass is 500 g/mol. The molecule has 0 bridgehead atoms. The second-order valence-electron chi connectivity index (χ2n) is 10.2. The summed E-state index contributed by atoms with van der Waals surface area (Å²) in [7, 11) is 1.29. The van der Waals surface area contributed by atoms with Gasteiger partial charge in [-0.15, -0.1) is 0 Å². The van der Waals surface area contributed by atoms with E-state index in [0.717, 1.165) is 10.6 Å². The Kier molecular flexibility index (Phi) is 9.38. The highest BCUT2D eigenvalue weighted by Gasteiger charge is 2.30. The summed E-state index contributed by atoms with van der Waals surface area (Å²) in [6.07, 6.45) is 4.07. The number of hydrogen-bond acceptors (Lipinski definition) is 8. The van der Waals surface area contributed by atoms with Crippen molar-refractivity contribution >= 4 is 23.7 Å². The van der Waals surface area contributed by atoms with Crippen LogP contribution in [-0.4, -0.2) is 62.4 Å². The molecule has 0 unspecified atom stereocenters. The Bertz CT molecular complexity index is 1080. The molecule has 0 saturated carbocycles. The zero-order chi connectivity index (χ0) is 27.1. The second-order valence-corrected chi connectivity index (χ2v) is 10.2. The lowest BCUT2D eigenvalue weighted by atomic mass is 10.1. The van der Waals surface area contributed by atoms with Gasteiger partial charge in [0.05, 0.1) is 18.4 Å². The SMILES string of the molecule is COC(=O)C(=CCCCN(C(=O)OC(C)(C)C)C(=O)OC(C)(C)C)c1cn(-c2cccc(C)n2)cn1. The number of esters is 1. The lowest BCUT2D eigenvalue weighted by Crippen LogP contribution is -2.44. The number of aryl methyl sites for hydroxylation is 1. The third-order valence-electron chi connectivity index (χ3n) is 4.56. The van der Waals surface area contributed by atoms with Crippen LogP contribution >= 0.6 is 0 Å². The molecule has 0 aliphatic carbocycles. The minimum atomic E-state index is -0.793. The number of ether oxygens (including phenoxy) is 3. The molecule has 0 aromatic carbocycles. The molecule has 2 rings (SSSR count). The van der Waals surface area contributed by atoms with Gasteiger partial charge in [0.25, 0.3) is 0 Å². The summed E-state index contributed by atoms with van der Waals surface area (Å²) in [6, 6.07) is 5.61. The van der Waals surface area contributed by atoms with Crippen LogP contribution in [0.4, 0.5) is 9.59 Å². The van der Waals surface area contributed by atoms with Crippen molar-refractivity contribution in [3.63, 3.8) is 0 Å². The summed E-state index contributed by atoms with van der Waals surface area (Å²) in [5, 5.41) is 0. The number of rotatable bonds is 7. The summed E-state index contributed by atoms with van der Waals surface area (Å²) in [4.78, 5) is 47.5. The Hall–Kier alpha value is -3.69. The van der Waals surface area contributed by atoms with Gasteiger partial charge < -0.3 is 14.2 Å². The van der Waals surface area contributed by atoms with E-state index in [2.05, 4.69) is 9.97 Å². The lowest BCUT2D eigenvalue weighted by molar-refractivity contribution is -0.133. The maximum atomic E-state index is 12.6. The summed E-state index contributed by atoms with van der Waals surface area (Å²) < 4.78 is 17.4. The van der Waals surface area contributed by atoms with E-state index in [1.165, 1.54) is 7.11 Å². The van der Waals surface area contributed by atoms with Crippen LogP contribution in [0.3, 0.4) is 0 Å². The number of aromatic nitrogens is 3. The van der Waals surface area contributed by atoms with Crippen LogP contribution in [0.2, 0.25) is 0 Å². The first-order valence-corrected chi connectivity index (χ1v) is 11.7. The number of carbonyl (C=O) groups is 3. The molecule has 36 heavy (non-hydrogen) atoms. The summed E-state index contributed by atoms with van der Waals surface area (Å²) in [5.74, 6) is 0.122. The molecule has 0 N–H and O–H groups in total. The standard InChI is InChI=1S/C26H36N4O6/c1-18-12-11-14-21(28-18)29-16-20(27-17-29)19(22(31)34-8)13-9-10-15-30(23(32)35-25(2,3)4)24(33)36-26(5,6)7/h11-14,16-17H,9-10,15H2,1-8H3. The van der Waals surface area contributed by atoms with Crippen LogP contribution in [0, 0.1) is 6.92 Å². The van der Waals surface area contributed by atoms with Crippen molar-refractivity contribution in [1.82, 2.24) is 19.4 Å². The molecule has 0 spiro atoms. The van der Waals surface area contributed by atoms with Crippen molar-refractivity contribution in [2.45, 2.75) is 72.5 Å². The molecule has 0 saturated heterocycles. The zero-order valence-corrected chi connectivity index (χ0v) is 22.3. The van der Waals surface area contributed by atoms with E-state index >= 15 is 0 Å². The van der Waals surface area contributed by atoms with E-state index in [4.69, 9.17) is 14.2 Å². The van der Waals surface area contributed by atoms with Gasteiger partial charge in [-0.05, 0) is 73.4 Å². The number of allylic oxidation sites excluding steroid dienone is 1. The number of unbranched alkanes of at least 4 members (excludes halogenated alkanes) is 1. The van der Waals surface area contributed by atoms with Crippen molar-refractivity contribution in [2.24, 2.45) is 0 Å². The quantitative estimate of drug-likeness (QED) is 0.224. The van der Waals surface area contributed by atoms with Gasteiger partial charge in [-0.25, -0.2) is 29.3 Å². The molecule has 2 heterocycles. The minimum absolute atomic E-state index is 0.0381. The van der Waals surface area contributed by atoms with Gasteiger partial charge in [0.2, 0.25) is 0 Å². The Morgan fingerprint density at radius 3 is 2.17 bits per heavy atom. The third-order valence-corrected chi connectivity index (χ3v) is 4.56. The first kappa shape index (κ1) is 28.5. The van der Waals surface area contributed by atoms with Crippen LogP contribution < -0.4 is 0 Å². The van der Waals surface area contributed by atoms with E-state index in [0.29, 0.717) is 24.4 Å². The molecule has 196 valence electrons. The molecule has 0 aliphatic rings. The first-order valence-electron chi connectivity index (χ1n) is 11.7. The second kappa shape index (κ2) is 11.8. The van der Waals surface area contributed by atoms with E-state index in [1.807, 2.05) is 25.1 Å². The number of imidazole rings is 1. The number of pyridine rings is 1. The fourth-order valence-corrected chi connectivity index (χ4v) is 3.05. The van der Waals surface area contributed by atoms with Crippen molar-refractivity contribution in [2.75, 3.05) is 13.7 Å². The van der Waals surface area contributed by atoms with Gasteiger partial charge in [-0.1, -0.05) is 12.1 Å². The average molecular weight is 501 g/mol. The number of carbonyl (C=O) groups excluding carboxylic acids is 3. The summed E-state index contributed by atoms with van der Waals surface area (Å²) >= 11 is 0. The van der Waals surface area contributed by atoms with E-state index in [-0.39, 0.29) is 12.1 Å². The molecular formula is C26H36N4O6. The van der Waals surface area contributed by atoms with Gasteiger partial charge >= 0.3 is 18.2 Å². The Morgan fingerprint density at radius 1 is 1.03 bits per heavy atom. The number of imide groups is 1. The molecule has 0 fully saturated rings. The van der Waals surface area contributed by atoms with Crippen LogP contribution in [0.15, 0.2) is 36.8 Å². The predicted octanol–water partition coefficient (Wildman–Crippen LogP) is 5.08. The number of hydrogen-bond donors (Lipinski definition) is 0. The van der Waals surface area contributed by atoms with Gasteiger partial charge in [0.15, 0.2) is 0 Å². The van der Waals surface area contributed by atoms with E-state index < -0.39 is 29.4 Å². The topological polar surface area (TPSA) is 113 Å². The predicted molar refractivity (Wildman–Crippen MR) is 134 cm³/mol. The highest BCUT2D eigenvalue weighted by atomic mass is 16.6. The lowest BCUT2D eigenvalue weighted by Gasteiger charge is -2.28. The average Bonchev–Trinajstić information content (AvgIpc) is 3.23. The molecule has 0 radical (unpaired) electrons. The zero-order valence-electron chi connectivity index (χ0n) is 22.3. The summed E-state index contributed by atoms with van der Waals surface area (Å²) in [5.41, 5.74) is -0.0158. The van der Waals surface area contributed by atoms with E-state index in [1.54, 1.807) is 64.7 Å². The Morgan fingerprint density at radius 2 is 1.64 bits per heavy atom. The van der Waals surface area contributed by atoms with Crippen molar-refractivity contribution < 1.29 is 28.6 Å². The Labute approximate surface area is 212 Å². The van der Waals surface area contributed by atoms with Crippen LogP contribution in [0.25, 0.3) is 11.4 Å². The molecule has 0 aliphatic heterocycles. The van der Waals surface area contributed by atoms with Gasteiger partial charge in [-0.3, -0.25) is 4.57 Å². The third kappa shape index (κ3) is 8.83. The minimum Gasteiger partial charge on any atom is -0.465 e. The molecular weight excluding hydrogens is 464 g/mol. The van der Waals surface area contributed by atoms with Gasteiger partial charge in [0, 0.05) is 18.4 Å². The number of amides is 2. The van der Waals surface area contributed by atoms with E-state index in [9.17, 15) is 14.4 Å². The van der Waals surface area contributed by atoms with Crippen molar-refractivity contribution in [1.29, 1.82) is 0 Å². The molecule has 10 heteroatoms. The molecule has 2 aromatic heterocycles. The highest BCUT2D eigenvalue weighted by Crippen LogP contribution is 2.19. The van der Waals surface area contributed by atoms with Crippen LogP contribution in [0.1, 0.15) is 65.8 Å². The maximum absolute atomic E-state index is 12.6. The summed E-state index contributed by atoms with van der Waals surface area (Å²) in [6.45, 7) is 12.2. The molecule has 10 nitrogen and oxygen atoms in total. The smallest absolute Gasteiger partial charge is 0.419 e. The van der Waals surface area contributed by atoms with Crippen LogP contribution in [-0.2, 0) is 19.0 Å². The van der Waals surface area contributed by atoms with Crippen molar-refractivity contribution in [3.05, 3.63) is 48.2 Å². The fraction of sp³-hybridized carbons (Fsp3) is 0.500. The van der Waals surface area contributed by atoms with Crippen molar-refractivity contribution in [3.8, 4) is 5.82 Å². The fourth-order valence-electron chi connectivity index (χ4n) is 3.05. The normalized spacial score (nSPS) is 12.2. The Balaban J connectivity index is 2.18.